The van der Waals surface area contributed by atoms with Crippen molar-refractivity contribution in [1.29, 1.82) is 0 Å². The van der Waals surface area contributed by atoms with Crippen molar-refractivity contribution in [2.45, 2.75) is 19.6 Å². The first-order valence-corrected chi connectivity index (χ1v) is 12.7. The second kappa shape index (κ2) is 8.01. The Bertz CT molecular complexity index is 1460. The average molecular weight is 475 g/mol. The van der Waals surface area contributed by atoms with Gasteiger partial charge in [0.05, 0.1) is 19.6 Å². The lowest BCUT2D eigenvalue weighted by Crippen LogP contribution is -1.95. The molecule has 34 heavy (non-hydrogen) atoms. The van der Waals surface area contributed by atoms with E-state index in [1.54, 1.807) is 23.5 Å². The van der Waals surface area contributed by atoms with Gasteiger partial charge in [0.2, 0.25) is 0 Å². The van der Waals surface area contributed by atoms with Crippen LogP contribution in [0.5, 0.6) is 23.0 Å². The fraction of sp³-hybridized carbons (Fsp3) is 0. The molecule has 2 nitrogen and oxygen atoms in total. The Morgan fingerprint density at radius 2 is 0.794 bits per heavy atom. The molecule has 0 atom stereocenters. The zero-order valence-electron chi connectivity index (χ0n) is 18.0. The lowest BCUT2D eigenvalue weighted by molar-refractivity contribution is 0.454. The van der Waals surface area contributed by atoms with E-state index >= 15 is 0 Å². The molecule has 5 aromatic rings. The van der Waals surface area contributed by atoms with Crippen molar-refractivity contribution in [2.75, 3.05) is 0 Å². The van der Waals surface area contributed by atoms with E-state index < -0.39 is 0 Å². The third-order valence-corrected chi connectivity index (χ3v) is 8.22. The molecule has 0 spiro atoms. The monoisotopic (exact) mass is 474 g/mol. The van der Waals surface area contributed by atoms with Crippen molar-refractivity contribution in [2.24, 2.45) is 0 Å². The summed E-state index contributed by atoms with van der Waals surface area (Å²) in [6, 6.07) is 37.9. The number of ether oxygens (including phenoxy) is 2. The summed E-state index contributed by atoms with van der Waals surface area (Å²) in [5, 5.41) is 0. The molecule has 0 radical (unpaired) electrons. The Morgan fingerprint density at radius 3 is 1.32 bits per heavy atom. The number of benzene rings is 5. The quantitative estimate of drug-likeness (QED) is 0.248. The first-order valence-electron chi connectivity index (χ1n) is 11.1. The SMILES string of the molecule is c1cc(-c2ccc3c(c2)Oc2ccccc2S3)cc(-c2ccc3c(c2)Oc2ccccc2S3)c1. The number of para-hydroxylation sites is 2. The van der Waals surface area contributed by atoms with Crippen LogP contribution in [0.4, 0.5) is 0 Å². The Labute approximate surface area is 206 Å². The highest BCUT2D eigenvalue weighted by molar-refractivity contribution is 7.99. The molecule has 162 valence electrons. The summed E-state index contributed by atoms with van der Waals surface area (Å²) in [5.41, 5.74) is 4.59. The van der Waals surface area contributed by atoms with E-state index in [1.165, 1.54) is 0 Å². The lowest BCUT2D eigenvalue weighted by atomic mass is 9.99. The molecule has 0 aliphatic carbocycles. The van der Waals surface area contributed by atoms with Crippen LogP contribution in [0.15, 0.2) is 129 Å². The summed E-state index contributed by atoms with van der Waals surface area (Å²) < 4.78 is 12.4. The molecule has 2 aliphatic heterocycles. The van der Waals surface area contributed by atoms with Gasteiger partial charge in [0, 0.05) is 0 Å². The van der Waals surface area contributed by atoms with Crippen LogP contribution in [0.3, 0.4) is 0 Å². The molecule has 0 fully saturated rings. The Hall–Kier alpha value is -3.60. The molecule has 0 saturated carbocycles. The molecule has 0 aromatic heterocycles. The van der Waals surface area contributed by atoms with E-state index in [4.69, 9.17) is 9.47 Å². The highest BCUT2D eigenvalue weighted by Gasteiger charge is 2.19. The molecule has 0 unspecified atom stereocenters. The molecule has 7 rings (SSSR count). The summed E-state index contributed by atoms with van der Waals surface area (Å²) in [6.45, 7) is 0. The van der Waals surface area contributed by atoms with Crippen LogP contribution in [-0.4, -0.2) is 0 Å². The van der Waals surface area contributed by atoms with Crippen LogP contribution < -0.4 is 9.47 Å². The molecule has 0 saturated heterocycles. The van der Waals surface area contributed by atoms with Gasteiger partial charge in [0.25, 0.3) is 0 Å². The average Bonchev–Trinajstić information content (AvgIpc) is 2.90. The van der Waals surface area contributed by atoms with Gasteiger partial charge in [-0.1, -0.05) is 78.1 Å². The van der Waals surface area contributed by atoms with E-state index in [2.05, 4.69) is 72.8 Å². The maximum Gasteiger partial charge on any atom is 0.142 e. The molecule has 5 aromatic carbocycles. The van der Waals surface area contributed by atoms with Crippen molar-refractivity contribution in [1.82, 2.24) is 0 Å². The fourth-order valence-electron chi connectivity index (χ4n) is 4.29. The predicted molar refractivity (Wildman–Crippen MR) is 139 cm³/mol. The predicted octanol–water partition coefficient (Wildman–Crippen LogP) is 9.53. The molecule has 0 amide bonds. The fourth-order valence-corrected chi connectivity index (χ4v) is 6.16. The van der Waals surface area contributed by atoms with Crippen LogP contribution in [0.25, 0.3) is 22.3 Å². The van der Waals surface area contributed by atoms with Crippen LogP contribution in [0, 0.1) is 0 Å². The first-order chi connectivity index (χ1) is 16.8. The van der Waals surface area contributed by atoms with Crippen molar-refractivity contribution in [3.63, 3.8) is 0 Å². The van der Waals surface area contributed by atoms with Gasteiger partial charge in [0.1, 0.15) is 23.0 Å². The number of hydrogen-bond acceptors (Lipinski definition) is 4. The molecule has 0 bridgehead atoms. The van der Waals surface area contributed by atoms with Gasteiger partial charge in [-0.25, -0.2) is 0 Å². The van der Waals surface area contributed by atoms with Crippen LogP contribution >= 0.6 is 23.5 Å². The molecule has 2 aliphatic rings. The molecule has 0 N–H and O–H groups in total. The maximum atomic E-state index is 6.21. The minimum absolute atomic E-state index is 0.907. The topological polar surface area (TPSA) is 18.5 Å². The van der Waals surface area contributed by atoms with Gasteiger partial charge < -0.3 is 9.47 Å². The smallest absolute Gasteiger partial charge is 0.142 e. The van der Waals surface area contributed by atoms with E-state index in [0.29, 0.717) is 0 Å². The van der Waals surface area contributed by atoms with Gasteiger partial charge >= 0.3 is 0 Å². The summed E-state index contributed by atoms with van der Waals surface area (Å²) in [4.78, 5) is 4.59. The summed E-state index contributed by atoms with van der Waals surface area (Å²) in [6.07, 6.45) is 0. The summed E-state index contributed by atoms with van der Waals surface area (Å²) >= 11 is 3.51. The van der Waals surface area contributed by atoms with Crippen molar-refractivity contribution < 1.29 is 9.47 Å². The van der Waals surface area contributed by atoms with Crippen LogP contribution in [0.2, 0.25) is 0 Å². The van der Waals surface area contributed by atoms with Gasteiger partial charge in [-0.3, -0.25) is 0 Å². The van der Waals surface area contributed by atoms with Gasteiger partial charge in [-0.05, 0) is 76.9 Å². The third kappa shape index (κ3) is 3.47. The molecular formula is C30H18O2S2. The van der Waals surface area contributed by atoms with Gasteiger partial charge in [-0.15, -0.1) is 0 Å². The number of fused-ring (bicyclic) bond motifs is 4. The molecule has 4 heteroatoms. The second-order valence-electron chi connectivity index (χ2n) is 8.21. The molecule has 2 heterocycles. The van der Waals surface area contributed by atoms with Crippen LogP contribution in [-0.2, 0) is 0 Å². The Kier molecular flexibility index (Phi) is 4.67. The summed E-state index contributed by atoms with van der Waals surface area (Å²) in [5.74, 6) is 3.65. The third-order valence-electron chi connectivity index (χ3n) is 5.99. The minimum Gasteiger partial charge on any atom is -0.455 e. The molecular weight excluding hydrogens is 456 g/mol. The summed E-state index contributed by atoms with van der Waals surface area (Å²) in [7, 11) is 0. The maximum absolute atomic E-state index is 6.21. The van der Waals surface area contributed by atoms with Crippen molar-refractivity contribution >= 4 is 23.5 Å². The zero-order chi connectivity index (χ0) is 22.5. The Balaban J connectivity index is 1.21. The Morgan fingerprint density at radius 1 is 0.353 bits per heavy atom. The van der Waals surface area contributed by atoms with E-state index in [1.807, 2.05) is 36.4 Å². The second-order valence-corrected chi connectivity index (χ2v) is 10.4. The number of hydrogen-bond donors (Lipinski definition) is 0. The standard InChI is InChI=1S/C30H18O2S2/c1-3-10-27-23(8-1)31-25-17-21(12-14-29(25)33-27)19-6-5-7-20(16-19)22-13-15-30-26(18-22)32-24-9-2-4-11-28(24)34-30/h1-18H. The largest absolute Gasteiger partial charge is 0.455 e. The normalized spacial score (nSPS) is 12.9. The van der Waals surface area contributed by atoms with E-state index in [9.17, 15) is 0 Å². The van der Waals surface area contributed by atoms with E-state index in [0.717, 1.165) is 64.8 Å². The number of rotatable bonds is 2. The van der Waals surface area contributed by atoms with E-state index in [-0.39, 0.29) is 0 Å². The van der Waals surface area contributed by atoms with Gasteiger partial charge in [0.15, 0.2) is 0 Å². The highest BCUT2D eigenvalue weighted by Crippen LogP contribution is 2.49. The van der Waals surface area contributed by atoms with Crippen molar-refractivity contribution in [3.8, 4) is 45.3 Å². The first kappa shape index (κ1) is 19.8. The minimum atomic E-state index is 0.907. The lowest BCUT2D eigenvalue weighted by Gasteiger charge is -2.20. The van der Waals surface area contributed by atoms with Crippen LogP contribution in [0.1, 0.15) is 0 Å². The highest BCUT2D eigenvalue weighted by atomic mass is 32.2. The van der Waals surface area contributed by atoms with Gasteiger partial charge in [-0.2, -0.15) is 0 Å². The van der Waals surface area contributed by atoms with Crippen molar-refractivity contribution in [3.05, 3.63) is 109 Å². The zero-order valence-corrected chi connectivity index (χ0v) is 19.7.